The van der Waals surface area contributed by atoms with Crippen LogP contribution in [0.25, 0.3) is 5.32 Å². The summed E-state index contributed by atoms with van der Waals surface area (Å²) >= 11 is 1.96. The van der Waals surface area contributed by atoms with Crippen LogP contribution in [0.15, 0.2) is 0 Å². The molecule has 1 nitrogen and oxygen atoms in total. The van der Waals surface area contributed by atoms with Crippen LogP contribution < -0.4 is 0 Å². The number of hydrogen-bond acceptors (Lipinski definition) is 1. The van der Waals surface area contributed by atoms with Crippen molar-refractivity contribution >= 4 is 11.8 Å². The molecule has 50 valence electrons. The van der Waals surface area contributed by atoms with E-state index < -0.39 is 0 Å². The monoisotopic (exact) mass is 132 g/mol. The zero-order valence-electron chi connectivity index (χ0n) is 5.85. The molecule has 0 atom stereocenters. The second kappa shape index (κ2) is 5.45. The van der Waals surface area contributed by atoms with Gasteiger partial charge in [-0.05, 0) is 11.0 Å². The summed E-state index contributed by atoms with van der Waals surface area (Å²) in [6.07, 6.45) is 0. The largest absolute Gasteiger partial charge is 0.664 e. The summed E-state index contributed by atoms with van der Waals surface area (Å²) in [6, 6.07) is 0. The zero-order chi connectivity index (χ0) is 6.41. The third-order valence-corrected chi connectivity index (χ3v) is 1.85. The molecule has 0 amide bonds. The van der Waals surface area contributed by atoms with Crippen molar-refractivity contribution in [2.24, 2.45) is 0 Å². The highest BCUT2D eigenvalue weighted by atomic mass is 32.2. The minimum atomic E-state index is 0.761. The molecule has 0 aliphatic carbocycles. The van der Waals surface area contributed by atoms with E-state index in [-0.39, 0.29) is 0 Å². The van der Waals surface area contributed by atoms with Crippen molar-refractivity contribution in [3.8, 4) is 0 Å². The minimum absolute atomic E-state index is 0.761. The Kier molecular flexibility index (Phi) is 5.66. The Morgan fingerprint density at radius 2 is 2.12 bits per heavy atom. The summed E-state index contributed by atoms with van der Waals surface area (Å²) in [6.45, 7) is 5.42. The van der Waals surface area contributed by atoms with Gasteiger partial charge in [-0.25, -0.2) is 0 Å². The van der Waals surface area contributed by atoms with Crippen molar-refractivity contribution in [3.05, 3.63) is 5.32 Å². The van der Waals surface area contributed by atoms with Crippen LogP contribution in [0.3, 0.4) is 0 Å². The molecule has 0 fully saturated rings. The second-order valence-corrected chi connectivity index (χ2v) is 3.64. The summed E-state index contributed by atoms with van der Waals surface area (Å²) in [5.41, 5.74) is 0. The standard InChI is InChI=1S/C6H14NS/c1-6(2)8-5-4-7-3/h6H,4-5H2,1-3H3/q-1. The normalized spacial score (nSPS) is 10.5. The van der Waals surface area contributed by atoms with Gasteiger partial charge in [-0.2, -0.15) is 18.8 Å². The van der Waals surface area contributed by atoms with Gasteiger partial charge >= 0.3 is 0 Å². The Morgan fingerprint density at radius 1 is 1.50 bits per heavy atom. The molecule has 0 N–H and O–H groups in total. The molecule has 0 saturated carbocycles. The molecular formula is C6H14NS-. The quantitative estimate of drug-likeness (QED) is 0.534. The molecule has 0 aliphatic heterocycles. The van der Waals surface area contributed by atoms with Crippen molar-refractivity contribution in [1.29, 1.82) is 0 Å². The molecule has 0 bridgehead atoms. The smallest absolute Gasteiger partial charge is 0.00103 e. The second-order valence-electron chi connectivity index (χ2n) is 1.96. The first kappa shape index (κ1) is 8.31. The van der Waals surface area contributed by atoms with E-state index in [0.717, 1.165) is 11.8 Å². The first-order valence-corrected chi connectivity index (χ1v) is 3.99. The Labute approximate surface area is 56.2 Å². The molecule has 0 rings (SSSR count). The fraction of sp³-hybridized carbons (Fsp3) is 1.00. The molecule has 0 spiro atoms. The van der Waals surface area contributed by atoms with Gasteiger partial charge in [0.25, 0.3) is 0 Å². The SMILES string of the molecule is C[N-]CCSC(C)C. The van der Waals surface area contributed by atoms with Crippen LogP contribution in [0, 0.1) is 0 Å². The molecule has 2 heteroatoms. The fourth-order valence-electron chi connectivity index (χ4n) is 0.380. The average Bonchev–Trinajstić information content (AvgIpc) is 1.66. The highest BCUT2D eigenvalue weighted by Gasteiger charge is 1.87. The van der Waals surface area contributed by atoms with Crippen molar-refractivity contribution in [1.82, 2.24) is 0 Å². The average molecular weight is 132 g/mol. The zero-order valence-corrected chi connectivity index (χ0v) is 6.66. The molecule has 0 saturated heterocycles. The van der Waals surface area contributed by atoms with Gasteiger partial charge in [0.2, 0.25) is 0 Å². The van der Waals surface area contributed by atoms with Gasteiger partial charge in [-0.3, -0.25) is 0 Å². The van der Waals surface area contributed by atoms with Crippen LogP contribution in [0.4, 0.5) is 0 Å². The van der Waals surface area contributed by atoms with Crippen LogP contribution in [-0.2, 0) is 0 Å². The Hall–Kier alpha value is 0.310. The van der Waals surface area contributed by atoms with E-state index in [1.54, 1.807) is 0 Å². The van der Waals surface area contributed by atoms with Crippen LogP contribution in [0.5, 0.6) is 0 Å². The molecule has 0 aromatic heterocycles. The van der Waals surface area contributed by atoms with E-state index in [2.05, 4.69) is 19.2 Å². The molecule has 0 radical (unpaired) electrons. The maximum atomic E-state index is 3.99. The lowest BCUT2D eigenvalue weighted by molar-refractivity contribution is 1.10. The van der Waals surface area contributed by atoms with Crippen molar-refractivity contribution in [3.63, 3.8) is 0 Å². The first-order valence-electron chi connectivity index (χ1n) is 2.94. The van der Waals surface area contributed by atoms with Crippen molar-refractivity contribution in [2.75, 3.05) is 19.3 Å². The summed E-state index contributed by atoms with van der Waals surface area (Å²) in [4.78, 5) is 0. The predicted molar refractivity (Wildman–Crippen MR) is 41.7 cm³/mol. The van der Waals surface area contributed by atoms with Crippen LogP contribution in [-0.4, -0.2) is 24.6 Å². The third-order valence-electron chi connectivity index (χ3n) is 0.766. The summed E-state index contributed by atoms with van der Waals surface area (Å²) in [5, 5.41) is 4.75. The molecule has 8 heavy (non-hydrogen) atoms. The van der Waals surface area contributed by atoms with Gasteiger partial charge in [0.05, 0.1) is 0 Å². The molecule has 0 unspecified atom stereocenters. The highest BCUT2D eigenvalue weighted by molar-refractivity contribution is 7.99. The molecule has 0 aliphatic rings. The van der Waals surface area contributed by atoms with Gasteiger partial charge in [0.1, 0.15) is 0 Å². The van der Waals surface area contributed by atoms with Gasteiger partial charge < -0.3 is 5.32 Å². The van der Waals surface area contributed by atoms with Crippen molar-refractivity contribution < 1.29 is 0 Å². The van der Waals surface area contributed by atoms with E-state index in [9.17, 15) is 0 Å². The summed E-state index contributed by atoms with van der Waals surface area (Å²) < 4.78 is 0. The molecule has 0 heterocycles. The number of hydrogen-bond donors (Lipinski definition) is 0. The van der Waals surface area contributed by atoms with Gasteiger partial charge in [-0.1, -0.05) is 13.8 Å². The van der Waals surface area contributed by atoms with Crippen molar-refractivity contribution in [2.45, 2.75) is 19.1 Å². The minimum Gasteiger partial charge on any atom is -0.664 e. The Bertz CT molecular complexity index is 45.8. The Morgan fingerprint density at radius 3 is 2.50 bits per heavy atom. The lowest BCUT2D eigenvalue weighted by Gasteiger charge is -2.10. The van der Waals surface area contributed by atoms with E-state index in [0.29, 0.717) is 0 Å². The first-order chi connectivity index (χ1) is 3.77. The maximum Gasteiger partial charge on any atom is -0.00103 e. The predicted octanol–water partition coefficient (Wildman–Crippen LogP) is 2.13. The van der Waals surface area contributed by atoms with E-state index in [4.69, 9.17) is 0 Å². The molecule has 0 aromatic carbocycles. The molecule has 0 aromatic rings. The number of thioether (sulfide) groups is 1. The van der Waals surface area contributed by atoms with Gasteiger partial charge in [-0.15, -0.1) is 6.54 Å². The van der Waals surface area contributed by atoms with Crippen LogP contribution in [0.2, 0.25) is 0 Å². The molecular weight excluding hydrogens is 118 g/mol. The lowest BCUT2D eigenvalue weighted by atomic mass is 10.6. The lowest BCUT2D eigenvalue weighted by Crippen LogP contribution is -1.92. The van der Waals surface area contributed by atoms with E-state index in [1.807, 2.05) is 18.8 Å². The summed E-state index contributed by atoms with van der Waals surface area (Å²) in [7, 11) is 1.86. The van der Waals surface area contributed by atoms with Gasteiger partial charge in [0, 0.05) is 0 Å². The topological polar surface area (TPSA) is 14.1 Å². The highest BCUT2D eigenvalue weighted by Crippen LogP contribution is 2.08. The van der Waals surface area contributed by atoms with Crippen LogP contribution >= 0.6 is 11.8 Å². The fourth-order valence-corrected chi connectivity index (χ4v) is 1.14. The Balaban J connectivity index is 2.72. The van der Waals surface area contributed by atoms with Gasteiger partial charge in [0.15, 0.2) is 0 Å². The van der Waals surface area contributed by atoms with E-state index in [1.165, 1.54) is 5.75 Å². The summed E-state index contributed by atoms with van der Waals surface area (Å²) in [5.74, 6) is 1.17. The third kappa shape index (κ3) is 6.31. The van der Waals surface area contributed by atoms with E-state index >= 15 is 0 Å². The maximum absolute atomic E-state index is 3.99. The number of nitrogens with zero attached hydrogens (tertiary/aromatic N) is 1. The van der Waals surface area contributed by atoms with Crippen LogP contribution in [0.1, 0.15) is 13.8 Å². The number of rotatable bonds is 4.